The van der Waals surface area contributed by atoms with E-state index in [1.807, 2.05) is 31.3 Å². The number of hydrogen-bond acceptors (Lipinski definition) is 3. The lowest BCUT2D eigenvalue weighted by atomic mass is 10.0. The number of nitrogens with one attached hydrogen (secondary N) is 2. The van der Waals surface area contributed by atoms with Gasteiger partial charge in [-0.1, -0.05) is 36.4 Å². The average molecular weight is 393 g/mol. The van der Waals surface area contributed by atoms with Crippen molar-refractivity contribution in [3.8, 4) is 5.75 Å². The normalized spacial score (nSPS) is 16.2. The van der Waals surface area contributed by atoms with Crippen molar-refractivity contribution in [2.75, 3.05) is 20.2 Å². The van der Waals surface area contributed by atoms with Crippen LogP contribution in [0.3, 0.4) is 0 Å². The molecule has 0 bridgehead atoms. The van der Waals surface area contributed by atoms with E-state index in [1.165, 1.54) is 11.1 Å². The Morgan fingerprint density at radius 1 is 1.17 bits per heavy atom. The van der Waals surface area contributed by atoms with Gasteiger partial charge in [0.05, 0.1) is 0 Å². The van der Waals surface area contributed by atoms with Crippen molar-refractivity contribution in [1.82, 2.24) is 15.5 Å². The van der Waals surface area contributed by atoms with E-state index in [4.69, 9.17) is 4.74 Å². The first-order valence-corrected chi connectivity index (χ1v) is 10.2. The van der Waals surface area contributed by atoms with Gasteiger partial charge in [-0.2, -0.15) is 0 Å². The van der Waals surface area contributed by atoms with E-state index in [0.717, 1.165) is 43.9 Å². The van der Waals surface area contributed by atoms with E-state index < -0.39 is 0 Å². The molecule has 6 nitrogen and oxygen atoms in total. The third-order valence-corrected chi connectivity index (χ3v) is 5.30. The predicted octanol–water partition coefficient (Wildman–Crippen LogP) is 2.48. The fourth-order valence-corrected chi connectivity index (χ4v) is 3.58. The topological polar surface area (TPSA) is 66.0 Å². The zero-order valence-corrected chi connectivity index (χ0v) is 16.9. The lowest BCUT2D eigenvalue weighted by molar-refractivity contribution is -0.123. The molecule has 1 fully saturated rings. The molecule has 1 aliphatic heterocycles. The van der Waals surface area contributed by atoms with E-state index in [-0.39, 0.29) is 12.5 Å². The Morgan fingerprint density at radius 2 is 2.00 bits per heavy atom. The average Bonchev–Trinajstić information content (AvgIpc) is 3.57. The van der Waals surface area contributed by atoms with Gasteiger partial charge < -0.3 is 20.3 Å². The monoisotopic (exact) mass is 392 g/mol. The largest absolute Gasteiger partial charge is 0.484 e. The minimum absolute atomic E-state index is 0.0539. The number of amides is 1. The summed E-state index contributed by atoms with van der Waals surface area (Å²) in [7, 11) is 1.82. The molecular weight excluding hydrogens is 364 g/mol. The molecule has 1 saturated carbocycles. The van der Waals surface area contributed by atoms with E-state index in [9.17, 15) is 4.79 Å². The van der Waals surface area contributed by atoms with Crippen molar-refractivity contribution in [2.45, 2.75) is 38.4 Å². The van der Waals surface area contributed by atoms with Gasteiger partial charge in [0.25, 0.3) is 5.91 Å². The summed E-state index contributed by atoms with van der Waals surface area (Å²) in [4.78, 5) is 18.5. The van der Waals surface area contributed by atoms with Crippen molar-refractivity contribution in [1.29, 1.82) is 0 Å². The van der Waals surface area contributed by atoms with Gasteiger partial charge in [0.2, 0.25) is 0 Å². The molecule has 0 radical (unpaired) electrons. The summed E-state index contributed by atoms with van der Waals surface area (Å²) in [5, 5.41) is 6.39. The molecule has 1 aliphatic carbocycles. The number of fused-ring (bicyclic) bond motifs is 1. The molecule has 2 N–H and O–H groups in total. The molecule has 6 heteroatoms. The first-order valence-electron chi connectivity index (χ1n) is 10.2. The Balaban J connectivity index is 1.30. The van der Waals surface area contributed by atoms with E-state index in [1.54, 1.807) is 0 Å². The minimum Gasteiger partial charge on any atom is -0.484 e. The van der Waals surface area contributed by atoms with Crippen LogP contribution in [-0.4, -0.2) is 43.0 Å². The minimum atomic E-state index is -0.0539. The summed E-state index contributed by atoms with van der Waals surface area (Å²) >= 11 is 0. The van der Waals surface area contributed by atoms with Crippen LogP contribution < -0.4 is 15.4 Å². The molecule has 4 rings (SSSR count). The number of ether oxygens (including phenoxy) is 1. The summed E-state index contributed by atoms with van der Waals surface area (Å²) in [6.45, 7) is 2.53. The molecule has 1 amide bonds. The molecule has 0 spiro atoms. The van der Waals surface area contributed by atoms with Gasteiger partial charge in [0.1, 0.15) is 5.75 Å². The van der Waals surface area contributed by atoms with Gasteiger partial charge in [-0.25, -0.2) is 0 Å². The van der Waals surface area contributed by atoms with Crippen molar-refractivity contribution in [3.63, 3.8) is 0 Å². The zero-order chi connectivity index (χ0) is 20.1. The number of aliphatic imine (C=N–C) groups is 1. The second-order valence-corrected chi connectivity index (χ2v) is 7.62. The smallest absolute Gasteiger partial charge is 0.258 e. The Bertz CT molecular complexity index is 892. The molecule has 0 saturated heterocycles. The summed E-state index contributed by atoms with van der Waals surface area (Å²) in [5.41, 5.74) is 3.88. The summed E-state index contributed by atoms with van der Waals surface area (Å²) in [5.74, 6) is 1.55. The fraction of sp³-hybridized carbons (Fsp3) is 0.391. The highest BCUT2D eigenvalue weighted by molar-refractivity contribution is 5.80. The van der Waals surface area contributed by atoms with Crippen LogP contribution in [0.15, 0.2) is 53.5 Å². The van der Waals surface area contributed by atoms with Crippen molar-refractivity contribution < 1.29 is 9.53 Å². The van der Waals surface area contributed by atoms with Crippen molar-refractivity contribution in [2.24, 2.45) is 4.99 Å². The summed E-state index contributed by atoms with van der Waals surface area (Å²) in [6.07, 6.45) is 3.19. The Labute approximate surface area is 172 Å². The molecule has 0 unspecified atom stereocenters. The lowest BCUT2D eigenvalue weighted by Gasteiger charge is -2.31. The molecule has 0 aromatic heterocycles. The van der Waals surface area contributed by atoms with Crippen LogP contribution in [0.2, 0.25) is 0 Å². The Kier molecular flexibility index (Phi) is 5.98. The van der Waals surface area contributed by atoms with Crippen molar-refractivity contribution >= 4 is 11.9 Å². The fourth-order valence-electron chi connectivity index (χ4n) is 3.58. The third kappa shape index (κ3) is 5.28. The van der Waals surface area contributed by atoms with Gasteiger partial charge >= 0.3 is 0 Å². The molecule has 29 heavy (non-hydrogen) atoms. The second-order valence-electron chi connectivity index (χ2n) is 7.62. The number of carbonyl (C=O) groups is 1. The van der Waals surface area contributed by atoms with Crippen molar-refractivity contribution in [3.05, 3.63) is 65.2 Å². The summed E-state index contributed by atoms with van der Waals surface area (Å²) < 4.78 is 5.65. The number of hydrogen-bond donors (Lipinski definition) is 2. The second kappa shape index (κ2) is 8.99. The van der Waals surface area contributed by atoms with Crippen LogP contribution in [0, 0.1) is 0 Å². The lowest BCUT2D eigenvalue weighted by Crippen LogP contribution is -2.43. The zero-order valence-electron chi connectivity index (χ0n) is 16.9. The summed E-state index contributed by atoms with van der Waals surface area (Å²) in [6, 6.07) is 16.8. The van der Waals surface area contributed by atoms with Gasteiger partial charge in [-0.15, -0.1) is 0 Å². The molecular formula is C23H28N4O2. The van der Waals surface area contributed by atoms with E-state index >= 15 is 0 Å². The van der Waals surface area contributed by atoms with Crippen LogP contribution in [0.5, 0.6) is 5.75 Å². The number of rotatable bonds is 6. The highest BCUT2D eigenvalue weighted by Gasteiger charge is 2.23. The first kappa shape index (κ1) is 19.3. The highest BCUT2D eigenvalue weighted by atomic mass is 16.5. The number of benzene rings is 2. The van der Waals surface area contributed by atoms with Gasteiger partial charge in [0, 0.05) is 32.7 Å². The van der Waals surface area contributed by atoms with E-state index in [0.29, 0.717) is 18.3 Å². The molecule has 0 atom stereocenters. The Hall–Kier alpha value is -3.02. The third-order valence-electron chi connectivity index (χ3n) is 5.30. The van der Waals surface area contributed by atoms with Gasteiger partial charge in [0.15, 0.2) is 12.6 Å². The van der Waals surface area contributed by atoms with Crippen LogP contribution in [0.25, 0.3) is 0 Å². The van der Waals surface area contributed by atoms with Crippen LogP contribution >= 0.6 is 0 Å². The Morgan fingerprint density at radius 3 is 2.79 bits per heavy atom. The quantitative estimate of drug-likeness (QED) is 0.586. The molecule has 2 aliphatic rings. The number of guanidine groups is 1. The maximum Gasteiger partial charge on any atom is 0.258 e. The maximum absolute atomic E-state index is 11.8. The van der Waals surface area contributed by atoms with Crippen LogP contribution in [-0.2, 0) is 24.3 Å². The molecule has 2 aromatic carbocycles. The molecule has 152 valence electrons. The number of nitrogens with zero attached hydrogens (tertiary/aromatic N) is 2. The molecule has 2 aromatic rings. The number of carbonyl (C=O) groups excluding carboxylic acids is 1. The van der Waals surface area contributed by atoms with Crippen LogP contribution in [0.1, 0.15) is 29.5 Å². The first-order chi connectivity index (χ1) is 14.2. The standard InChI is InChI=1S/C23H28N4O2/c1-24-23(27-12-11-18-6-2-3-7-19(18)15-27)25-14-17-5-4-8-21(13-17)29-16-22(28)26-20-9-10-20/h2-8,13,20H,9-12,14-16H2,1H3,(H,24,25)(H,26,28). The SMILES string of the molecule is CN=C(NCc1cccc(OCC(=O)NC2CC2)c1)N1CCc2ccccc2C1. The van der Waals surface area contributed by atoms with Gasteiger partial charge in [-0.3, -0.25) is 9.79 Å². The van der Waals surface area contributed by atoms with Gasteiger partial charge in [-0.05, 0) is 48.1 Å². The van der Waals surface area contributed by atoms with Crippen LogP contribution in [0.4, 0.5) is 0 Å². The predicted molar refractivity (Wildman–Crippen MR) is 114 cm³/mol. The van der Waals surface area contributed by atoms with E-state index in [2.05, 4.69) is 44.8 Å². The molecule has 1 heterocycles. The highest BCUT2D eigenvalue weighted by Crippen LogP contribution is 2.20. The maximum atomic E-state index is 11.8.